The molecule has 0 bridgehead atoms. The first-order chi connectivity index (χ1) is 13.9. The van der Waals surface area contributed by atoms with Crippen LogP contribution in [0.25, 0.3) is 0 Å². The van der Waals surface area contributed by atoms with Gasteiger partial charge in [0.15, 0.2) is 6.10 Å². The molecule has 0 N–H and O–H groups in total. The second kappa shape index (κ2) is 9.52. The lowest BCUT2D eigenvalue weighted by Gasteiger charge is -2.23. The Hall–Kier alpha value is -2.53. The molecule has 0 amide bonds. The summed E-state index contributed by atoms with van der Waals surface area (Å²) in [5.41, 5.74) is 1.63. The zero-order valence-electron chi connectivity index (χ0n) is 16.6. The third-order valence-electron chi connectivity index (χ3n) is 3.86. The molecule has 0 heterocycles. The van der Waals surface area contributed by atoms with Crippen LogP contribution in [0.3, 0.4) is 0 Å². The Labute approximate surface area is 176 Å². The molecule has 0 radical (unpaired) electrons. The van der Waals surface area contributed by atoms with Crippen molar-refractivity contribution in [1.82, 2.24) is 0 Å². The molecule has 1 unspecified atom stereocenters. The highest BCUT2D eigenvalue weighted by Crippen LogP contribution is 2.23. The Morgan fingerprint density at radius 2 is 1.20 bits per heavy atom. The number of carbonyl (C=O) groups excluding carboxylic acids is 1. The van der Waals surface area contributed by atoms with Gasteiger partial charge < -0.3 is 4.74 Å². The van der Waals surface area contributed by atoms with E-state index in [0.29, 0.717) is 0 Å². The summed E-state index contributed by atoms with van der Waals surface area (Å²) in [6, 6.07) is 11.4. The third kappa shape index (κ3) is 6.23. The van der Waals surface area contributed by atoms with Crippen LogP contribution in [0.4, 0.5) is 0 Å². The topological polar surface area (TPSA) is 113 Å². The summed E-state index contributed by atoms with van der Waals surface area (Å²) < 4.78 is 65.6. The van der Waals surface area contributed by atoms with Crippen LogP contribution >= 0.6 is 0 Å². The molecule has 0 aliphatic heterocycles. The van der Waals surface area contributed by atoms with Crippen molar-refractivity contribution >= 4 is 26.2 Å². The van der Waals surface area contributed by atoms with Gasteiger partial charge >= 0.3 is 5.97 Å². The highest BCUT2D eigenvalue weighted by molar-refractivity contribution is 7.87. The lowest BCUT2D eigenvalue weighted by Crippen LogP contribution is -2.37. The average Bonchev–Trinajstić information content (AvgIpc) is 2.65. The minimum absolute atomic E-state index is 0.222. The van der Waals surface area contributed by atoms with E-state index < -0.39 is 38.6 Å². The van der Waals surface area contributed by atoms with Gasteiger partial charge in [-0.3, -0.25) is 4.79 Å². The maximum atomic E-state index is 12.7. The number of hydrogen-bond donors (Lipinski definition) is 0. The fraction of sp³-hybridized carbons (Fsp3) is 0.250. The summed E-state index contributed by atoms with van der Waals surface area (Å²) in [4.78, 5) is 10.9. The van der Waals surface area contributed by atoms with Gasteiger partial charge in [0, 0.05) is 6.92 Å². The van der Waals surface area contributed by atoms with Crippen molar-refractivity contribution in [3.63, 3.8) is 0 Å². The molecule has 162 valence electrons. The molecule has 2 aromatic rings. The van der Waals surface area contributed by atoms with E-state index in [4.69, 9.17) is 13.1 Å². The van der Waals surface area contributed by atoms with Crippen LogP contribution in [0.5, 0.6) is 0 Å². The number of hydrogen-bond acceptors (Lipinski definition) is 8. The van der Waals surface area contributed by atoms with E-state index in [2.05, 4.69) is 6.58 Å². The molecule has 0 saturated heterocycles. The van der Waals surface area contributed by atoms with Crippen molar-refractivity contribution in [3.8, 4) is 0 Å². The van der Waals surface area contributed by atoms with E-state index in [0.717, 1.165) is 24.1 Å². The Morgan fingerprint density at radius 1 is 0.833 bits per heavy atom. The smallest absolute Gasteiger partial charge is 0.303 e. The van der Waals surface area contributed by atoms with Gasteiger partial charge in [-0.05, 0) is 44.2 Å². The number of rotatable bonds is 9. The highest BCUT2D eigenvalue weighted by atomic mass is 32.2. The van der Waals surface area contributed by atoms with Crippen LogP contribution in [0.1, 0.15) is 18.1 Å². The predicted molar refractivity (Wildman–Crippen MR) is 108 cm³/mol. The number of aryl methyl sites for hydroxylation is 2. The highest BCUT2D eigenvalue weighted by Gasteiger charge is 2.35. The van der Waals surface area contributed by atoms with Crippen LogP contribution < -0.4 is 0 Å². The second-order valence-electron chi connectivity index (χ2n) is 6.40. The lowest BCUT2D eigenvalue weighted by atomic mass is 10.2. The van der Waals surface area contributed by atoms with Crippen molar-refractivity contribution in [2.45, 2.75) is 43.0 Å². The number of esters is 1. The van der Waals surface area contributed by atoms with E-state index in [9.17, 15) is 21.6 Å². The van der Waals surface area contributed by atoms with Crippen LogP contribution in [0, 0.1) is 13.8 Å². The van der Waals surface area contributed by atoms with E-state index in [-0.39, 0.29) is 9.79 Å². The molecule has 0 saturated carbocycles. The van der Waals surface area contributed by atoms with Crippen LogP contribution in [0.15, 0.2) is 71.0 Å². The molecule has 0 aliphatic rings. The normalized spacial score (nSPS) is 13.1. The maximum Gasteiger partial charge on any atom is 0.303 e. The van der Waals surface area contributed by atoms with Crippen molar-refractivity contribution in [1.29, 1.82) is 0 Å². The number of ether oxygens (including phenoxy) is 1. The third-order valence-corrected chi connectivity index (χ3v) is 6.45. The Balaban J connectivity index is 2.41. The number of benzene rings is 2. The first-order valence-electron chi connectivity index (χ1n) is 8.74. The molecule has 2 aromatic carbocycles. The van der Waals surface area contributed by atoms with E-state index in [1.807, 2.05) is 0 Å². The minimum atomic E-state index is -4.46. The Kier molecular flexibility index (Phi) is 7.54. The van der Waals surface area contributed by atoms with Gasteiger partial charge in [-0.2, -0.15) is 16.8 Å². The van der Waals surface area contributed by atoms with Crippen molar-refractivity contribution in [3.05, 3.63) is 72.3 Å². The van der Waals surface area contributed by atoms with Crippen molar-refractivity contribution in [2.24, 2.45) is 0 Å². The quantitative estimate of drug-likeness (QED) is 0.246. The molecular formula is C20H22O8S2. The monoisotopic (exact) mass is 454 g/mol. The Bertz CT molecular complexity index is 1020. The molecule has 10 heteroatoms. The summed E-state index contributed by atoms with van der Waals surface area (Å²) in [6.07, 6.45) is -2.52. The van der Waals surface area contributed by atoms with Gasteiger partial charge in [-0.1, -0.05) is 42.0 Å². The summed E-state index contributed by atoms with van der Waals surface area (Å²) in [7, 11) is -8.91. The predicted octanol–water partition coefficient (Wildman–Crippen LogP) is 2.86. The maximum absolute atomic E-state index is 12.7. The van der Waals surface area contributed by atoms with Gasteiger partial charge in [0.25, 0.3) is 20.2 Å². The van der Waals surface area contributed by atoms with Gasteiger partial charge in [0.2, 0.25) is 6.29 Å². The molecule has 0 aromatic heterocycles. The Morgan fingerprint density at radius 3 is 1.50 bits per heavy atom. The van der Waals surface area contributed by atoms with Crippen LogP contribution in [-0.2, 0) is 38.1 Å². The molecule has 0 fully saturated rings. The van der Waals surface area contributed by atoms with E-state index in [1.165, 1.54) is 24.3 Å². The first kappa shape index (κ1) is 23.7. The SMILES string of the molecule is C=CC(OC(C)=O)C(OS(=O)(=O)c1ccc(C)cc1)OS(=O)(=O)c1ccc(C)cc1. The second-order valence-corrected chi connectivity index (χ2v) is 9.55. The van der Waals surface area contributed by atoms with E-state index in [1.54, 1.807) is 38.1 Å². The standard InChI is InChI=1S/C20H22O8S2/c1-5-19(26-16(4)21)20(27-29(22,23)17-10-6-14(2)7-11-17)28-30(24,25)18-12-8-15(3)9-13-18/h5-13,19-20H,1H2,2-4H3. The van der Waals surface area contributed by atoms with Gasteiger partial charge in [-0.15, -0.1) is 0 Å². The zero-order valence-corrected chi connectivity index (χ0v) is 18.3. The fourth-order valence-corrected chi connectivity index (χ4v) is 4.31. The summed E-state index contributed by atoms with van der Waals surface area (Å²) in [5, 5.41) is 0. The lowest BCUT2D eigenvalue weighted by molar-refractivity contribution is -0.156. The molecule has 1 atom stereocenters. The molecule has 30 heavy (non-hydrogen) atoms. The molecular weight excluding hydrogens is 432 g/mol. The van der Waals surface area contributed by atoms with Crippen LogP contribution in [-0.4, -0.2) is 35.2 Å². The van der Waals surface area contributed by atoms with E-state index >= 15 is 0 Å². The first-order valence-corrected chi connectivity index (χ1v) is 11.6. The van der Waals surface area contributed by atoms with Gasteiger partial charge in [0.05, 0.1) is 9.79 Å². The molecule has 0 aliphatic carbocycles. The van der Waals surface area contributed by atoms with Crippen LogP contribution in [0.2, 0.25) is 0 Å². The minimum Gasteiger partial charge on any atom is -0.453 e. The fourth-order valence-electron chi connectivity index (χ4n) is 2.30. The van der Waals surface area contributed by atoms with Gasteiger partial charge in [0.1, 0.15) is 0 Å². The van der Waals surface area contributed by atoms with Crippen molar-refractivity contribution in [2.75, 3.05) is 0 Å². The molecule has 2 rings (SSSR count). The molecule has 0 spiro atoms. The summed E-state index contributed by atoms with van der Waals surface area (Å²) >= 11 is 0. The molecule has 8 nitrogen and oxygen atoms in total. The largest absolute Gasteiger partial charge is 0.453 e. The van der Waals surface area contributed by atoms with Crippen molar-refractivity contribution < 1.29 is 34.7 Å². The number of carbonyl (C=O) groups is 1. The van der Waals surface area contributed by atoms with Gasteiger partial charge in [-0.25, -0.2) is 8.37 Å². The summed E-state index contributed by atoms with van der Waals surface area (Å²) in [6.45, 7) is 8.04. The summed E-state index contributed by atoms with van der Waals surface area (Å²) in [5.74, 6) is -0.808. The average molecular weight is 455 g/mol. The zero-order chi connectivity index (χ0) is 22.5.